The van der Waals surface area contributed by atoms with Crippen LogP contribution in [-0.4, -0.2) is 22.3 Å². The van der Waals surface area contributed by atoms with Crippen LogP contribution < -0.4 is 5.73 Å². The molecule has 0 bridgehead atoms. The molecule has 88 valence electrons. The zero-order valence-electron chi connectivity index (χ0n) is 8.89. The van der Waals surface area contributed by atoms with E-state index in [-0.39, 0.29) is 11.3 Å². The van der Waals surface area contributed by atoms with Crippen LogP contribution in [0.5, 0.6) is 0 Å². The summed E-state index contributed by atoms with van der Waals surface area (Å²) in [6.07, 6.45) is 3.02. The van der Waals surface area contributed by atoms with E-state index < -0.39 is 5.82 Å². The number of carbonyl (C=O) groups is 1. The summed E-state index contributed by atoms with van der Waals surface area (Å²) in [7, 11) is 0. The Kier molecular flexibility index (Phi) is 3.55. The van der Waals surface area contributed by atoms with E-state index in [4.69, 9.17) is 5.73 Å². The highest BCUT2D eigenvalue weighted by Crippen LogP contribution is 2.14. The van der Waals surface area contributed by atoms with Gasteiger partial charge in [0.2, 0.25) is 5.78 Å². The molecular formula is C11H10FN3OS. The summed E-state index contributed by atoms with van der Waals surface area (Å²) in [5, 5.41) is 2.46. The summed E-state index contributed by atoms with van der Waals surface area (Å²) < 4.78 is 12.9. The molecule has 4 nitrogen and oxygen atoms in total. The van der Waals surface area contributed by atoms with E-state index >= 15 is 0 Å². The number of nitrogens with two attached hydrogens (primary N) is 1. The van der Waals surface area contributed by atoms with Gasteiger partial charge in [-0.25, -0.2) is 9.37 Å². The van der Waals surface area contributed by atoms with Crippen LogP contribution in [0, 0.1) is 5.82 Å². The zero-order chi connectivity index (χ0) is 12.3. The molecule has 2 N–H and O–H groups in total. The minimum atomic E-state index is -0.534. The molecule has 0 amide bonds. The molecule has 17 heavy (non-hydrogen) atoms. The van der Waals surface area contributed by atoms with Crippen molar-refractivity contribution in [2.75, 3.05) is 6.54 Å². The maximum atomic E-state index is 12.9. The fourth-order valence-electron chi connectivity index (χ4n) is 1.34. The average molecular weight is 251 g/mol. The number of nitrogens with zero attached hydrogens (tertiary/aromatic N) is 2. The van der Waals surface area contributed by atoms with Crippen molar-refractivity contribution < 1.29 is 9.18 Å². The smallest absolute Gasteiger partial charge is 0.213 e. The second kappa shape index (κ2) is 5.11. The van der Waals surface area contributed by atoms with Crippen molar-refractivity contribution in [2.45, 2.75) is 6.42 Å². The topological polar surface area (TPSA) is 68.9 Å². The van der Waals surface area contributed by atoms with Crippen LogP contribution in [0.1, 0.15) is 21.1 Å². The number of halogens is 1. The summed E-state index contributed by atoms with van der Waals surface area (Å²) >= 11 is 1.38. The van der Waals surface area contributed by atoms with Gasteiger partial charge in [0, 0.05) is 23.6 Å². The number of ketones is 1. The number of hydrogen-bond donors (Lipinski definition) is 1. The van der Waals surface area contributed by atoms with Gasteiger partial charge in [-0.1, -0.05) is 0 Å². The minimum absolute atomic E-state index is 0.203. The van der Waals surface area contributed by atoms with Crippen LogP contribution in [0.25, 0.3) is 0 Å². The summed E-state index contributed by atoms with van der Waals surface area (Å²) in [6.45, 7) is 0.489. The van der Waals surface area contributed by atoms with Crippen LogP contribution in [0.2, 0.25) is 0 Å². The Bertz CT molecular complexity index is 541. The van der Waals surface area contributed by atoms with Gasteiger partial charge in [0.25, 0.3) is 0 Å². The summed E-state index contributed by atoms with van der Waals surface area (Å²) in [5.74, 6) is -0.857. The Morgan fingerprint density at radius 3 is 3.00 bits per heavy atom. The second-order valence-electron chi connectivity index (χ2n) is 3.39. The van der Waals surface area contributed by atoms with Crippen molar-refractivity contribution in [3.05, 3.63) is 45.9 Å². The maximum Gasteiger partial charge on any atom is 0.213 e. The molecule has 2 aromatic rings. The summed E-state index contributed by atoms with van der Waals surface area (Å²) in [5.41, 5.74) is 5.91. The predicted molar refractivity (Wildman–Crippen MR) is 62.5 cm³/mol. The average Bonchev–Trinajstić information content (AvgIpc) is 2.77. The normalized spacial score (nSPS) is 10.5. The second-order valence-corrected chi connectivity index (χ2v) is 4.33. The van der Waals surface area contributed by atoms with Crippen LogP contribution in [0.4, 0.5) is 4.39 Å². The molecule has 2 heterocycles. The number of rotatable bonds is 4. The van der Waals surface area contributed by atoms with Gasteiger partial charge in [0.1, 0.15) is 11.5 Å². The van der Waals surface area contributed by atoms with Crippen LogP contribution in [0.15, 0.2) is 23.8 Å². The standard InChI is InChI=1S/C11H10FN3OS/c12-8-3-7(4-14-5-8)11(16)9-6-17-10(15-9)1-2-13/h3-6H,1-2,13H2. The lowest BCUT2D eigenvalue weighted by atomic mass is 10.1. The third kappa shape index (κ3) is 2.72. The predicted octanol–water partition coefficient (Wildman–Crippen LogP) is 1.41. The molecule has 0 saturated carbocycles. The lowest BCUT2D eigenvalue weighted by Crippen LogP contribution is -2.05. The molecular weight excluding hydrogens is 241 g/mol. The molecule has 0 radical (unpaired) electrons. The summed E-state index contributed by atoms with van der Waals surface area (Å²) in [6, 6.07) is 1.15. The molecule has 0 aromatic carbocycles. The Morgan fingerprint density at radius 1 is 1.47 bits per heavy atom. The zero-order valence-corrected chi connectivity index (χ0v) is 9.71. The molecule has 2 aromatic heterocycles. The van der Waals surface area contributed by atoms with Gasteiger partial charge in [-0.3, -0.25) is 9.78 Å². The fourth-order valence-corrected chi connectivity index (χ4v) is 2.13. The first-order valence-electron chi connectivity index (χ1n) is 5.00. The molecule has 0 atom stereocenters. The molecule has 0 aliphatic carbocycles. The van der Waals surface area contributed by atoms with E-state index in [2.05, 4.69) is 9.97 Å². The molecule has 0 aliphatic rings. The number of pyridine rings is 1. The van der Waals surface area contributed by atoms with Gasteiger partial charge in [-0.05, 0) is 12.6 Å². The Labute approximate surface area is 101 Å². The largest absolute Gasteiger partial charge is 0.330 e. The molecule has 0 spiro atoms. The van der Waals surface area contributed by atoms with Crippen LogP contribution in [0.3, 0.4) is 0 Å². The molecule has 0 fully saturated rings. The van der Waals surface area contributed by atoms with Crippen LogP contribution >= 0.6 is 11.3 Å². The van der Waals surface area contributed by atoms with E-state index in [9.17, 15) is 9.18 Å². The highest BCUT2D eigenvalue weighted by molar-refractivity contribution is 7.09. The first kappa shape index (κ1) is 11.8. The van der Waals surface area contributed by atoms with Crippen molar-refractivity contribution in [3.63, 3.8) is 0 Å². The van der Waals surface area contributed by atoms with Gasteiger partial charge in [0.15, 0.2) is 0 Å². The fraction of sp³-hybridized carbons (Fsp3) is 0.182. The van der Waals surface area contributed by atoms with E-state index in [0.29, 0.717) is 18.7 Å². The number of aromatic nitrogens is 2. The van der Waals surface area contributed by atoms with Gasteiger partial charge >= 0.3 is 0 Å². The highest BCUT2D eigenvalue weighted by atomic mass is 32.1. The maximum absolute atomic E-state index is 12.9. The van der Waals surface area contributed by atoms with Crippen molar-refractivity contribution >= 4 is 17.1 Å². The molecule has 0 aliphatic heterocycles. The van der Waals surface area contributed by atoms with Gasteiger partial charge in [0.05, 0.1) is 11.2 Å². The van der Waals surface area contributed by atoms with E-state index in [1.165, 1.54) is 17.5 Å². The molecule has 0 saturated heterocycles. The van der Waals surface area contributed by atoms with Gasteiger partial charge in [-0.15, -0.1) is 11.3 Å². The molecule has 6 heteroatoms. The van der Waals surface area contributed by atoms with E-state index in [0.717, 1.165) is 17.3 Å². The van der Waals surface area contributed by atoms with E-state index in [1.807, 2.05) is 0 Å². The minimum Gasteiger partial charge on any atom is -0.330 e. The SMILES string of the molecule is NCCc1nc(C(=O)c2cncc(F)c2)cs1. The highest BCUT2D eigenvalue weighted by Gasteiger charge is 2.13. The Balaban J connectivity index is 2.24. The first-order valence-corrected chi connectivity index (χ1v) is 5.88. The molecule has 2 rings (SSSR count). The third-order valence-electron chi connectivity index (χ3n) is 2.11. The monoisotopic (exact) mass is 251 g/mol. The number of hydrogen-bond acceptors (Lipinski definition) is 5. The molecule has 0 unspecified atom stereocenters. The first-order chi connectivity index (χ1) is 8.20. The number of thiazole rings is 1. The lowest BCUT2D eigenvalue weighted by Gasteiger charge is -1.96. The van der Waals surface area contributed by atoms with Crippen molar-refractivity contribution in [1.29, 1.82) is 0 Å². The van der Waals surface area contributed by atoms with Crippen molar-refractivity contribution in [3.8, 4) is 0 Å². The quantitative estimate of drug-likeness (QED) is 0.834. The van der Waals surface area contributed by atoms with Gasteiger partial charge < -0.3 is 5.73 Å². The van der Waals surface area contributed by atoms with Crippen molar-refractivity contribution in [1.82, 2.24) is 9.97 Å². The van der Waals surface area contributed by atoms with Crippen molar-refractivity contribution in [2.24, 2.45) is 5.73 Å². The summed E-state index contributed by atoms with van der Waals surface area (Å²) in [4.78, 5) is 19.7. The lowest BCUT2D eigenvalue weighted by molar-refractivity contribution is 0.103. The van der Waals surface area contributed by atoms with Gasteiger partial charge in [-0.2, -0.15) is 0 Å². The Morgan fingerprint density at radius 2 is 2.29 bits per heavy atom. The van der Waals surface area contributed by atoms with E-state index in [1.54, 1.807) is 5.38 Å². The van der Waals surface area contributed by atoms with Crippen LogP contribution in [-0.2, 0) is 6.42 Å². The Hall–Kier alpha value is -1.66. The third-order valence-corrected chi connectivity index (χ3v) is 3.02. The number of carbonyl (C=O) groups excluding carboxylic acids is 1.